The van der Waals surface area contributed by atoms with Crippen molar-refractivity contribution in [3.05, 3.63) is 49.9 Å². The Balaban J connectivity index is 1.65. The van der Waals surface area contributed by atoms with Crippen molar-refractivity contribution in [2.45, 2.75) is 32.1 Å². The van der Waals surface area contributed by atoms with Gasteiger partial charge in [-0.1, -0.05) is 6.42 Å². The number of carbonyl (C=O) groups excluding carboxylic acids is 2. The first-order valence-electron chi connectivity index (χ1n) is 8.96. The molecule has 1 amide bonds. The molecule has 0 saturated carbocycles. The highest BCUT2D eigenvalue weighted by Gasteiger charge is 2.22. The van der Waals surface area contributed by atoms with E-state index >= 15 is 0 Å². The van der Waals surface area contributed by atoms with E-state index in [1.165, 1.54) is 23.5 Å². The van der Waals surface area contributed by atoms with Crippen molar-refractivity contribution in [3.8, 4) is 6.07 Å². The van der Waals surface area contributed by atoms with Gasteiger partial charge in [0.05, 0.1) is 16.1 Å². The highest BCUT2D eigenvalue weighted by Crippen LogP contribution is 2.36. The monoisotopic (exact) mass is 414 g/mol. The molecule has 0 atom stereocenters. The van der Waals surface area contributed by atoms with Gasteiger partial charge in [0.25, 0.3) is 11.6 Å². The minimum absolute atomic E-state index is 0.0780. The van der Waals surface area contributed by atoms with Crippen LogP contribution in [0.15, 0.2) is 18.2 Å². The number of nitrogens with two attached hydrogens (primary N) is 1. The lowest BCUT2D eigenvalue weighted by molar-refractivity contribution is -0.383. The van der Waals surface area contributed by atoms with Gasteiger partial charge in [-0.3, -0.25) is 14.9 Å². The van der Waals surface area contributed by atoms with Crippen LogP contribution in [0.3, 0.4) is 0 Å². The lowest BCUT2D eigenvalue weighted by atomic mass is 10.1. The van der Waals surface area contributed by atoms with Crippen LogP contribution in [0.25, 0.3) is 0 Å². The zero-order chi connectivity index (χ0) is 21.0. The molecule has 0 radical (unpaired) electrons. The van der Waals surface area contributed by atoms with Crippen molar-refractivity contribution < 1.29 is 19.2 Å². The van der Waals surface area contributed by atoms with Crippen LogP contribution in [-0.4, -0.2) is 23.4 Å². The summed E-state index contributed by atoms with van der Waals surface area (Å²) in [5.41, 5.74) is 6.39. The molecule has 29 heavy (non-hydrogen) atoms. The fraction of sp³-hybridized carbons (Fsp3) is 0.316. The molecule has 3 rings (SSSR count). The molecule has 10 heteroatoms. The zero-order valence-electron chi connectivity index (χ0n) is 15.4. The second-order valence-electron chi connectivity index (χ2n) is 6.54. The van der Waals surface area contributed by atoms with E-state index < -0.39 is 29.1 Å². The Hall–Kier alpha value is -3.45. The number of thiophene rings is 1. The van der Waals surface area contributed by atoms with Crippen LogP contribution in [0.4, 0.5) is 16.4 Å². The molecule has 0 bridgehead atoms. The number of rotatable bonds is 5. The van der Waals surface area contributed by atoms with Crippen molar-refractivity contribution >= 4 is 39.6 Å². The van der Waals surface area contributed by atoms with Gasteiger partial charge in [0.15, 0.2) is 6.61 Å². The topological polar surface area (TPSA) is 148 Å². The molecule has 2 aromatic rings. The summed E-state index contributed by atoms with van der Waals surface area (Å²) in [6.07, 6.45) is 4.88. The molecule has 9 nitrogen and oxygen atoms in total. The van der Waals surface area contributed by atoms with Crippen molar-refractivity contribution in [1.29, 1.82) is 5.26 Å². The Kier molecular flexibility index (Phi) is 6.09. The SMILES string of the molecule is N#Cc1c(NC(=O)COC(=O)c2ccc(N)c([N+](=O)[O-])c2)sc2c1CCCCC2. The number of fused-ring (bicyclic) bond motifs is 1. The standard InChI is InChI=1S/C19H18N4O5S/c20-9-13-12-4-2-1-3-5-16(12)29-18(13)22-17(24)10-28-19(25)11-6-7-14(21)15(8-11)23(26)27/h6-8H,1-5,10,21H2,(H,22,24). The summed E-state index contributed by atoms with van der Waals surface area (Å²) in [4.78, 5) is 35.6. The van der Waals surface area contributed by atoms with Crippen LogP contribution in [0, 0.1) is 21.4 Å². The maximum absolute atomic E-state index is 12.2. The van der Waals surface area contributed by atoms with Gasteiger partial charge in [-0.15, -0.1) is 11.3 Å². The highest BCUT2D eigenvalue weighted by atomic mass is 32.1. The number of benzene rings is 1. The summed E-state index contributed by atoms with van der Waals surface area (Å²) in [6.45, 7) is -0.579. The molecule has 1 heterocycles. The predicted octanol–water partition coefficient (Wildman–Crippen LogP) is 3.17. The molecule has 1 aliphatic carbocycles. The fourth-order valence-corrected chi connectivity index (χ4v) is 4.41. The van der Waals surface area contributed by atoms with Gasteiger partial charge in [0.1, 0.15) is 16.8 Å². The maximum Gasteiger partial charge on any atom is 0.338 e. The quantitative estimate of drug-likeness (QED) is 0.251. The number of esters is 1. The predicted molar refractivity (Wildman–Crippen MR) is 107 cm³/mol. The van der Waals surface area contributed by atoms with Crippen molar-refractivity contribution in [2.24, 2.45) is 0 Å². The fourth-order valence-electron chi connectivity index (χ4n) is 3.15. The Morgan fingerprint density at radius 2 is 2.07 bits per heavy atom. The molecular formula is C19H18N4O5S. The molecule has 0 unspecified atom stereocenters. The van der Waals surface area contributed by atoms with Gasteiger partial charge in [0.2, 0.25) is 0 Å². The number of nitrogens with zero attached hydrogens (tertiary/aromatic N) is 2. The number of amides is 1. The first kappa shape index (κ1) is 20.3. The molecule has 0 spiro atoms. The lowest BCUT2D eigenvalue weighted by Crippen LogP contribution is -2.21. The number of nitriles is 1. The summed E-state index contributed by atoms with van der Waals surface area (Å²) in [6, 6.07) is 5.67. The minimum atomic E-state index is -0.884. The second kappa shape index (κ2) is 8.70. The van der Waals surface area contributed by atoms with Gasteiger partial charge in [-0.25, -0.2) is 4.79 Å². The average Bonchev–Trinajstić information content (AvgIpc) is 2.85. The largest absolute Gasteiger partial charge is 0.452 e. The summed E-state index contributed by atoms with van der Waals surface area (Å²) in [7, 11) is 0. The highest BCUT2D eigenvalue weighted by molar-refractivity contribution is 7.16. The van der Waals surface area contributed by atoms with Crippen LogP contribution in [0.2, 0.25) is 0 Å². The van der Waals surface area contributed by atoms with Crippen molar-refractivity contribution in [3.63, 3.8) is 0 Å². The van der Waals surface area contributed by atoms with Gasteiger partial charge in [-0.05, 0) is 43.4 Å². The van der Waals surface area contributed by atoms with Crippen LogP contribution in [0.5, 0.6) is 0 Å². The third kappa shape index (κ3) is 4.52. The first-order chi connectivity index (χ1) is 13.9. The summed E-state index contributed by atoms with van der Waals surface area (Å²) in [5, 5.41) is 23.5. The first-order valence-corrected chi connectivity index (χ1v) is 9.78. The van der Waals surface area contributed by atoms with E-state index in [0.717, 1.165) is 48.6 Å². The van der Waals surface area contributed by atoms with Crippen molar-refractivity contribution in [1.82, 2.24) is 0 Å². The summed E-state index contributed by atoms with van der Waals surface area (Å²) < 4.78 is 4.94. The zero-order valence-corrected chi connectivity index (χ0v) is 16.2. The number of hydrogen-bond donors (Lipinski definition) is 2. The number of anilines is 2. The van der Waals surface area contributed by atoms with E-state index in [1.54, 1.807) is 0 Å². The van der Waals surface area contributed by atoms with E-state index in [-0.39, 0.29) is 11.3 Å². The molecule has 1 aromatic carbocycles. The van der Waals surface area contributed by atoms with Gasteiger partial charge in [-0.2, -0.15) is 5.26 Å². The maximum atomic E-state index is 12.2. The van der Waals surface area contributed by atoms with Gasteiger partial charge >= 0.3 is 5.97 Å². The van der Waals surface area contributed by atoms with Gasteiger partial charge in [0, 0.05) is 10.9 Å². The van der Waals surface area contributed by atoms with Gasteiger partial charge < -0.3 is 15.8 Å². The average molecular weight is 414 g/mol. The number of hydrogen-bond acceptors (Lipinski definition) is 8. The Labute approximate surface area is 170 Å². The number of nitro groups is 1. The smallest absolute Gasteiger partial charge is 0.338 e. The molecule has 3 N–H and O–H groups in total. The lowest BCUT2D eigenvalue weighted by Gasteiger charge is -2.06. The van der Waals surface area contributed by atoms with E-state index in [2.05, 4.69) is 11.4 Å². The van der Waals surface area contributed by atoms with Crippen LogP contribution in [-0.2, 0) is 22.4 Å². The van der Waals surface area contributed by atoms with E-state index in [9.17, 15) is 25.0 Å². The molecular weight excluding hydrogens is 396 g/mol. The van der Waals surface area contributed by atoms with E-state index in [1.807, 2.05) is 0 Å². The Morgan fingerprint density at radius 3 is 2.79 bits per heavy atom. The summed E-state index contributed by atoms with van der Waals surface area (Å²) >= 11 is 1.38. The van der Waals surface area contributed by atoms with E-state index in [4.69, 9.17) is 10.5 Å². The second-order valence-corrected chi connectivity index (χ2v) is 7.64. The number of aryl methyl sites for hydroxylation is 1. The third-order valence-corrected chi connectivity index (χ3v) is 5.79. The molecule has 1 aromatic heterocycles. The molecule has 150 valence electrons. The number of ether oxygens (including phenoxy) is 1. The third-order valence-electron chi connectivity index (χ3n) is 4.58. The number of carbonyl (C=O) groups is 2. The molecule has 0 saturated heterocycles. The van der Waals surface area contributed by atoms with Crippen LogP contribution >= 0.6 is 11.3 Å². The minimum Gasteiger partial charge on any atom is -0.452 e. The molecule has 0 fully saturated rings. The summed E-state index contributed by atoms with van der Waals surface area (Å²) in [5.74, 6) is -1.47. The molecule has 1 aliphatic rings. The Bertz CT molecular complexity index is 1020. The number of nitro benzene ring substituents is 1. The van der Waals surface area contributed by atoms with Crippen LogP contribution < -0.4 is 11.1 Å². The van der Waals surface area contributed by atoms with Crippen molar-refractivity contribution in [2.75, 3.05) is 17.7 Å². The molecule has 0 aliphatic heterocycles. The Morgan fingerprint density at radius 1 is 1.31 bits per heavy atom. The number of nitrogen functional groups attached to an aromatic ring is 1. The van der Waals surface area contributed by atoms with Crippen LogP contribution in [0.1, 0.15) is 45.6 Å². The van der Waals surface area contributed by atoms with E-state index in [0.29, 0.717) is 10.6 Å². The normalized spacial score (nSPS) is 12.9. The number of nitrogens with one attached hydrogen (secondary N) is 1.